The molecular weight excluding hydrogens is 216 g/mol. The Morgan fingerprint density at radius 1 is 1.47 bits per heavy atom. The number of carbonyl (C=O) groups excluding carboxylic acids is 1. The zero-order valence-corrected chi connectivity index (χ0v) is 11.2. The molecule has 1 N–H and O–H groups in total. The van der Waals surface area contributed by atoms with E-state index in [4.69, 9.17) is 4.74 Å². The van der Waals surface area contributed by atoms with E-state index in [-0.39, 0.29) is 5.91 Å². The van der Waals surface area contributed by atoms with Gasteiger partial charge in [0.2, 0.25) is 5.91 Å². The van der Waals surface area contributed by atoms with Gasteiger partial charge < -0.3 is 15.0 Å². The lowest BCUT2D eigenvalue weighted by atomic mass is 10.0. The molecule has 1 aliphatic rings. The minimum Gasteiger partial charge on any atom is -0.380 e. The number of nitrogens with one attached hydrogen (secondary N) is 1. The van der Waals surface area contributed by atoms with Crippen LogP contribution in [0.2, 0.25) is 0 Å². The molecule has 0 aromatic heterocycles. The second-order valence-electron chi connectivity index (χ2n) is 4.70. The normalized spacial score (nSPS) is 20.2. The molecular formula is C13H26N2O2. The molecule has 0 bridgehead atoms. The van der Waals surface area contributed by atoms with Crippen molar-refractivity contribution in [3.63, 3.8) is 0 Å². The number of piperidine rings is 1. The van der Waals surface area contributed by atoms with Crippen LogP contribution in [0.15, 0.2) is 0 Å². The molecule has 1 amide bonds. The van der Waals surface area contributed by atoms with Gasteiger partial charge in [-0.25, -0.2) is 0 Å². The molecule has 4 heteroatoms. The predicted octanol–water partition coefficient (Wildman–Crippen LogP) is 1.40. The van der Waals surface area contributed by atoms with Gasteiger partial charge in [0.1, 0.15) is 0 Å². The Bertz CT molecular complexity index is 215. The smallest absolute Gasteiger partial charge is 0.222 e. The fraction of sp³-hybridized carbons (Fsp3) is 0.923. The van der Waals surface area contributed by atoms with E-state index in [0.717, 1.165) is 13.0 Å². The molecule has 1 heterocycles. The van der Waals surface area contributed by atoms with Gasteiger partial charge in [-0.05, 0) is 32.7 Å². The molecule has 0 aliphatic carbocycles. The summed E-state index contributed by atoms with van der Waals surface area (Å²) in [4.78, 5) is 13.6. The van der Waals surface area contributed by atoms with E-state index in [1.54, 1.807) is 4.90 Å². The number of rotatable bonds is 7. The Morgan fingerprint density at radius 3 is 2.94 bits per heavy atom. The number of ether oxygens (including phenoxy) is 1. The maximum absolute atomic E-state index is 11.8. The predicted molar refractivity (Wildman–Crippen MR) is 69.0 cm³/mol. The van der Waals surface area contributed by atoms with Crippen LogP contribution >= 0.6 is 0 Å². The van der Waals surface area contributed by atoms with Crippen molar-refractivity contribution in [2.75, 3.05) is 33.4 Å². The topological polar surface area (TPSA) is 41.6 Å². The van der Waals surface area contributed by atoms with E-state index >= 15 is 0 Å². The highest BCUT2D eigenvalue weighted by Crippen LogP contribution is 2.12. The molecule has 1 atom stereocenters. The van der Waals surface area contributed by atoms with Crippen molar-refractivity contribution in [1.29, 1.82) is 0 Å². The highest BCUT2D eigenvalue weighted by atomic mass is 16.5. The molecule has 1 rings (SSSR count). The number of amides is 1. The summed E-state index contributed by atoms with van der Waals surface area (Å²) in [6.07, 6.45) is 5.42. The summed E-state index contributed by atoms with van der Waals surface area (Å²) in [7, 11) is 1.86. The molecule has 17 heavy (non-hydrogen) atoms. The monoisotopic (exact) mass is 242 g/mol. The Morgan fingerprint density at radius 2 is 2.29 bits per heavy atom. The highest BCUT2D eigenvalue weighted by molar-refractivity contribution is 5.75. The molecule has 1 saturated heterocycles. The molecule has 0 aromatic rings. The van der Waals surface area contributed by atoms with E-state index in [2.05, 4.69) is 5.32 Å². The van der Waals surface area contributed by atoms with Crippen molar-refractivity contribution in [1.82, 2.24) is 10.2 Å². The van der Waals surface area contributed by atoms with Gasteiger partial charge in [-0.2, -0.15) is 0 Å². The van der Waals surface area contributed by atoms with Crippen LogP contribution in [-0.2, 0) is 9.53 Å². The number of hydrogen-bond donors (Lipinski definition) is 1. The second-order valence-corrected chi connectivity index (χ2v) is 4.70. The van der Waals surface area contributed by atoms with Gasteiger partial charge in [-0.15, -0.1) is 0 Å². The molecule has 0 aromatic carbocycles. The zero-order chi connectivity index (χ0) is 12.5. The third kappa shape index (κ3) is 6.03. The summed E-state index contributed by atoms with van der Waals surface area (Å²) >= 11 is 0. The van der Waals surface area contributed by atoms with E-state index in [1.165, 1.54) is 19.3 Å². The summed E-state index contributed by atoms with van der Waals surface area (Å²) in [6, 6.07) is 0.549. The maximum atomic E-state index is 11.8. The van der Waals surface area contributed by atoms with Crippen LogP contribution in [0, 0.1) is 0 Å². The van der Waals surface area contributed by atoms with Gasteiger partial charge in [0.15, 0.2) is 0 Å². The van der Waals surface area contributed by atoms with Crippen molar-refractivity contribution < 1.29 is 9.53 Å². The molecule has 0 saturated carbocycles. The minimum atomic E-state index is 0.233. The van der Waals surface area contributed by atoms with E-state index in [1.807, 2.05) is 14.0 Å². The molecule has 100 valence electrons. The van der Waals surface area contributed by atoms with E-state index < -0.39 is 0 Å². The first kappa shape index (κ1) is 14.5. The standard InChI is InChI=1S/C13H26N2O2/c1-3-17-11-10-15(2)13(16)8-7-12-6-4-5-9-14-12/h12,14H,3-11H2,1-2H3. The molecule has 1 aliphatic heterocycles. The molecule has 4 nitrogen and oxygen atoms in total. The Kier molecular flexibility index (Phi) is 7.21. The van der Waals surface area contributed by atoms with Crippen LogP contribution in [0.4, 0.5) is 0 Å². The van der Waals surface area contributed by atoms with Gasteiger partial charge in [-0.1, -0.05) is 6.42 Å². The van der Waals surface area contributed by atoms with Crippen molar-refractivity contribution in [3.8, 4) is 0 Å². The first-order valence-corrected chi connectivity index (χ1v) is 6.79. The minimum absolute atomic E-state index is 0.233. The lowest BCUT2D eigenvalue weighted by molar-refractivity contribution is -0.130. The number of carbonyl (C=O) groups is 1. The first-order chi connectivity index (χ1) is 8.24. The van der Waals surface area contributed by atoms with Crippen LogP contribution in [0.3, 0.4) is 0 Å². The summed E-state index contributed by atoms with van der Waals surface area (Å²) < 4.78 is 5.24. The third-order valence-electron chi connectivity index (χ3n) is 3.32. The fourth-order valence-electron chi connectivity index (χ4n) is 2.13. The van der Waals surface area contributed by atoms with Crippen LogP contribution in [0.25, 0.3) is 0 Å². The quantitative estimate of drug-likeness (QED) is 0.686. The fourth-order valence-corrected chi connectivity index (χ4v) is 2.13. The summed E-state index contributed by atoms with van der Waals surface area (Å²) in [5.41, 5.74) is 0. The summed E-state index contributed by atoms with van der Waals surface area (Å²) in [5, 5.41) is 3.47. The second kappa shape index (κ2) is 8.48. The molecule has 0 spiro atoms. The Labute approximate surface area is 105 Å². The van der Waals surface area contributed by atoms with Crippen LogP contribution in [-0.4, -0.2) is 50.2 Å². The van der Waals surface area contributed by atoms with Gasteiger partial charge in [0.05, 0.1) is 6.61 Å². The molecule has 1 fully saturated rings. The van der Waals surface area contributed by atoms with Crippen molar-refractivity contribution in [3.05, 3.63) is 0 Å². The van der Waals surface area contributed by atoms with Crippen LogP contribution in [0.1, 0.15) is 39.0 Å². The van der Waals surface area contributed by atoms with Gasteiger partial charge >= 0.3 is 0 Å². The first-order valence-electron chi connectivity index (χ1n) is 6.79. The van der Waals surface area contributed by atoms with Crippen LogP contribution < -0.4 is 5.32 Å². The Balaban J connectivity index is 2.10. The van der Waals surface area contributed by atoms with Crippen LogP contribution in [0.5, 0.6) is 0 Å². The van der Waals surface area contributed by atoms with E-state index in [0.29, 0.717) is 32.2 Å². The highest BCUT2D eigenvalue weighted by Gasteiger charge is 2.15. The largest absolute Gasteiger partial charge is 0.380 e. The van der Waals surface area contributed by atoms with Crippen molar-refractivity contribution in [2.45, 2.75) is 45.1 Å². The number of hydrogen-bond acceptors (Lipinski definition) is 3. The SMILES string of the molecule is CCOCCN(C)C(=O)CCC1CCCCN1. The third-order valence-corrected chi connectivity index (χ3v) is 3.32. The molecule has 0 radical (unpaired) electrons. The maximum Gasteiger partial charge on any atom is 0.222 e. The average molecular weight is 242 g/mol. The summed E-state index contributed by atoms with van der Waals surface area (Å²) in [5.74, 6) is 0.233. The van der Waals surface area contributed by atoms with Gasteiger partial charge in [0.25, 0.3) is 0 Å². The van der Waals surface area contributed by atoms with Gasteiger partial charge in [-0.3, -0.25) is 4.79 Å². The average Bonchev–Trinajstić information content (AvgIpc) is 2.37. The van der Waals surface area contributed by atoms with E-state index in [9.17, 15) is 4.79 Å². The van der Waals surface area contributed by atoms with Crippen molar-refractivity contribution >= 4 is 5.91 Å². The molecule has 1 unspecified atom stereocenters. The van der Waals surface area contributed by atoms with Crippen molar-refractivity contribution in [2.24, 2.45) is 0 Å². The number of nitrogens with zero attached hydrogens (tertiary/aromatic N) is 1. The number of likely N-dealkylation sites (N-methyl/N-ethyl adjacent to an activating group) is 1. The van der Waals surface area contributed by atoms with Gasteiger partial charge in [0, 0.05) is 32.7 Å². The summed E-state index contributed by atoms with van der Waals surface area (Å²) in [6.45, 7) is 5.13. The lowest BCUT2D eigenvalue weighted by Crippen LogP contribution is -2.36. The lowest BCUT2D eigenvalue weighted by Gasteiger charge is -2.24. The zero-order valence-electron chi connectivity index (χ0n) is 11.2. The Hall–Kier alpha value is -0.610.